The number of rotatable bonds is 17. The molecule has 3 rings (SSSR count). The van der Waals surface area contributed by atoms with Crippen molar-refractivity contribution in [2.45, 2.75) is 92.4 Å². The molecule has 1 aliphatic heterocycles. The second-order valence-corrected chi connectivity index (χ2v) is 12.7. The molecule has 2 aromatic carbocycles. The molecule has 4 amide bonds. The van der Waals surface area contributed by atoms with Crippen molar-refractivity contribution in [3.8, 4) is 0 Å². The normalized spacial score (nSPS) is 15.7. The Morgan fingerprint density at radius 3 is 1.87 bits per heavy atom. The summed E-state index contributed by atoms with van der Waals surface area (Å²) < 4.78 is 6.12. The molecule has 9 nitrogen and oxygen atoms in total. The van der Waals surface area contributed by atoms with Gasteiger partial charge in [0.15, 0.2) is 0 Å². The van der Waals surface area contributed by atoms with E-state index in [1.165, 1.54) is 18.1 Å². The van der Waals surface area contributed by atoms with Gasteiger partial charge in [-0.2, -0.15) is 0 Å². The fourth-order valence-electron chi connectivity index (χ4n) is 5.79. The van der Waals surface area contributed by atoms with Crippen LogP contribution in [0.3, 0.4) is 0 Å². The number of likely N-dealkylation sites (tertiary alicyclic amines) is 1. The first-order valence-corrected chi connectivity index (χ1v) is 16.6. The molecule has 0 spiro atoms. The lowest BCUT2D eigenvalue weighted by molar-refractivity contribution is -0.142. The Balaban J connectivity index is 1.56. The van der Waals surface area contributed by atoms with Crippen LogP contribution in [0.1, 0.15) is 78.4 Å². The van der Waals surface area contributed by atoms with Crippen molar-refractivity contribution < 1.29 is 23.9 Å². The minimum absolute atomic E-state index is 0.208. The zero-order valence-corrected chi connectivity index (χ0v) is 29.2. The third-order valence-corrected chi connectivity index (χ3v) is 8.65. The van der Waals surface area contributed by atoms with Gasteiger partial charge in [0, 0.05) is 45.1 Å². The molecule has 9 heteroatoms. The maximum Gasteiger partial charge on any atom is 0.265 e. The summed E-state index contributed by atoms with van der Waals surface area (Å²) >= 11 is 0. The summed E-state index contributed by atoms with van der Waals surface area (Å²) in [5.74, 6) is -1.94. The second-order valence-electron chi connectivity index (χ2n) is 12.7. The number of nitrogens with one attached hydrogen (secondary N) is 1. The van der Waals surface area contributed by atoms with Crippen LogP contribution in [0.4, 0.5) is 0 Å². The lowest BCUT2D eigenvalue weighted by atomic mass is 10.0. The van der Waals surface area contributed by atoms with Crippen molar-refractivity contribution in [1.29, 1.82) is 0 Å². The molecule has 1 saturated heterocycles. The number of ether oxygens (including phenoxy) is 1. The Bertz CT molecular complexity index is 1390. The summed E-state index contributed by atoms with van der Waals surface area (Å²) in [6.45, 7) is 13.7. The summed E-state index contributed by atoms with van der Waals surface area (Å²) in [6, 6.07) is 22.0. The van der Waals surface area contributed by atoms with E-state index >= 15 is 0 Å². The molecule has 254 valence electrons. The zero-order valence-electron chi connectivity index (χ0n) is 29.2. The van der Waals surface area contributed by atoms with Gasteiger partial charge in [-0.05, 0) is 65.1 Å². The van der Waals surface area contributed by atoms with Crippen molar-refractivity contribution in [3.05, 3.63) is 94.3 Å². The van der Waals surface area contributed by atoms with Crippen LogP contribution in [0.25, 0.3) is 0 Å². The molecule has 0 aromatic heterocycles. The number of imide groups is 2. The molecule has 1 N–H and O–H groups in total. The number of benzene rings is 2. The predicted molar refractivity (Wildman–Crippen MR) is 185 cm³/mol. The van der Waals surface area contributed by atoms with E-state index in [2.05, 4.69) is 96.7 Å². The fourth-order valence-corrected chi connectivity index (χ4v) is 5.79. The second kappa shape index (κ2) is 18.3. The smallest absolute Gasteiger partial charge is 0.265 e. The molecule has 2 aromatic rings. The summed E-state index contributed by atoms with van der Waals surface area (Å²) in [4.78, 5) is 55.7. The molecular weight excluding hydrogens is 592 g/mol. The molecule has 1 fully saturated rings. The molecular formula is C38H52N4O5. The van der Waals surface area contributed by atoms with Crippen molar-refractivity contribution in [2.24, 2.45) is 0 Å². The van der Waals surface area contributed by atoms with Crippen LogP contribution in [0.15, 0.2) is 83.1 Å². The van der Waals surface area contributed by atoms with Gasteiger partial charge in [-0.1, -0.05) is 73.2 Å². The van der Waals surface area contributed by atoms with Crippen LogP contribution in [0, 0.1) is 0 Å². The SMILES string of the molecule is CC/C(OCCCN(C)C(C)CC[C@H](C)N(Cc1ccccc1)Cc1ccccc1)=C1/C(=O)N(CC(=O)NC(C)=O)C(=O)C1=C(C)C. The highest BCUT2D eigenvalue weighted by Crippen LogP contribution is 2.32. The number of nitrogens with zero attached hydrogens (tertiary/aromatic N) is 3. The molecule has 1 unspecified atom stereocenters. The fraction of sp³-hybridized carbons (Fsp3) is 0.474. The summed E-state index contributed by atoms with van der Waals surface area (Å²) in [5.41, 5.74) is 3.76. The summed E-state index contributed by atoms with van der Waals surface area (Å²) in [6.07, 6.45) is 3.29. The van der Waals surface area contributed by atoms with Gasteiger partial charge < -0.3 is 9.64 Å². The highest BCUT2D eigenvalue weighted by atomic mass is 16.5. The van der Waals surface area contributed by atoms with E-state index in [4.69, 9.17) is 4.74 Å². The minimum Gasteiger partial charge on any atom is -0.497 e. The highest BCUT2D eigenvalue weighted by Gasteiger charge is 2.42. The lowest BCUT2D eigenvalue weighted by Crippen LogP contribution is -2.41. The maximum absolute atomic E-state index is 13.3. The van der Waals surface area contributed by atoms with Gasteiger partial charge in [0.2, 0.25) is 11.8 Å². The summed E-state index contributed by atoms with van der Waals surface area (Å²) in [5, 5.41) is 2.12. The van der Waals surface area contributed by atoms with E-state index < -0.39 is 30.2 Å². The standard InChI is InChI=1S/C38H52N4O5/c1-8-33(36-35(27(2)3)37(45)42(38(36)46)26-34(44)39-30(6)43)47-23-15-22-40(7)28(4)20-21-29(5)41(24-31-16-11-9-12-17-31)25-32-18-13-10-14-19-32/h9-14,16-19,28-29H,8,15,20-26H2,1-7H3,(H,39,43,44)/b36-33-/t28?,29-/m0/s1. The van der Waals surface area contributed by atoms with Gasteiger partial charge in [-0.25, -0.2) is 0 Å². The Hall–Kier alpha value is -4.08. The first-order chi connectivity index (χ1) is 22.4. The van der Waals surface area contributed by atoms with E-state index in [9.17, 15) is 19.2 Å². The van der Waals surface area contributed by atoms with E-state index in [1.54, 1.807) is 13.8 Å². The Morgan fingerprint density at radius 1 is 0.830 bits per heavy atom. The van der Waals surface area contributed by atoms with Crippen LogP contribution in [-0.2, 0) is 37.0 Å². The van der Waals surface area contributed by atoms with Crippen LogP contribution >= 0.6 is 0 Å². The molecule has 47 heavy (non-hydrogen) atoms. The van der Waals surface area contributed by atoms with Gasteiger partial charge in [-0.3, -0.25) is 34.3 Å². The largest absolute Gasteiger partial charge is 0.497 e. The number of allylic oxidation sites excluding steroid dienone is 2. The summed E-state index contributed by atoms with van der Waals surface area (Å²) in [7, 11) is 2.13. The number of hydrogen-bond donors (Lipinski definition) is 1. The van der Waals surface area contributed by atoms with Crippen LogP contribution < -0.4 is 5.32 Å². The van der Waals surface area contributed by atoms with Gasteiger partial charge >= 0.3 is 0 Å². The molecule has 0 radical (unpaired) electrons. The zero-order chi connectivity index (χ0) is 34.5. The van der Waals surface area contributed by atoms with Crippen molar-refractivity contribution in [3.63, 3.8) is 0 Å². The van der Waals surface area contributed by atoms with Crippen LogP contribution in [0.2, 0.25) is 0 Å². The van der Waals surface area contributed by atoms with Gasteiger partial charge in [0.1, 0.15) is 12.3 Å². The molecule has 1 aliphatic rings. The Labute approximate surface area is 280 Å². The first kappa shape index (κ1) is 37.4. The monoisotopic (exact) mass is 644 g/mol. The molecule has 1 heterocycles. The van der Waals surface area contributed by atoms with Gasteiger partial charge in [-0.15, -0.1) is 0 Å². The Morgan fingerprint density at radius 2 is 1.36 bits per heavy atom. The third-order valence-electron chi connectivity index (χ3n) is 8.65. The highest BCUT2D eigenvalue weighted by molar-refractivity contribution is 6.26. The van der Waals surface area contributed by atoms with E-state index in [0.29, 0.717) is 36.4 Å². The van der Waals surface area contributed by atoms with Crippen molar-refractivity contribution in [2.75, 3.05) is 26.7 Å². The number of amides is 4. The molecule has 2 atom stereocenters. The Kier molecular flexibility index (Phi) is 14.6. The lowest BCUT2D eigenvalue weighted by Gasteiger charge is -2.32. The van der Waals surface area contributed by atoms with Gasteiger partial charge in [0.25, 0.3) is 11.8 Å². The van der Waals surface area contributed by atoms with E-state index in [0.717, 1.165) is 43.8 Å². The molecule has 0 saturated carbocycles. The molecule has 0 bridgehead atoms. The van der Waals surface area contributed by atoms with Crippen LogP contribution in [0.5, 0.6) is 0 Å². The van der Waals surface area contributed by atoms with Crippen molar-refractivity contribution >= 4 is 23.6 Å². The number of carbonyl (C=O) groups is 4. The first-order valence-electron chi connectivity index (χ1n) is 16.6. The average molecular weight is 645 g/mol. The van der Waals surface area contributed by atoms with E-state index in [-0.39, 0.29) is 11.1 Å². The predicted octanol–water partition coefficient (Wildman–Crippen LogP) is 5.62. The maximum atomic E-state index is 13.3. The van der Waals surface area contributed by atoms with Crippen LogP contribution in [-0.4, -0.2) is 77.2 Å². The number of carbonyl (C=O) groups excluding carboxylic acids is 4. The topological polar surface area (TPSA) is 99.3 Å². The van der Waals surface area contributed by atoms with E-state index in [1.807, 2.05) is 6.92 Å². The molecule has 0 aliphatic carbocycles. The minimum atomic E-state index is -0.709. The van der Waals surface area contributed by atoms with Crippen molar-refractivity contribution in [1.82, 2.24) is 20.0 Å². The number of hydrogen-bond acceptors (Lipinski definition) is 7. The third kappa shape index (κ3) is 11.0. The van der Waals surface area contributed by atoms with Gasteiger partial charge in [0.05, 0.1) is 17.8 Å². The average Bonchev–Trinajstić information content (AvgIpc) is 3.28. The quantitative estimate of drug-likeness (QED) is 0.103.